The zero-order valence-electron chi connectivity index (χ0n) is 11.2. The summed E-state index contributed by atoms with van der Waals surface area (Å²) in [7, 11) is 0. The monoisotopic (exact) mass is 453 g/mol. The molecule has 0 aliphatic heterocycles. The van der Waals surface area contributed by atoms with Gasteiger partial charge in [0.15, 0.2) is 0 Å². The highest BCUT2D eigenvalue weighted by Crippen LogP contribution is 2.30. The van der Waals surface area contributed by atoms with Crippen molar-refractivity contribution in [2.45, 2.75) is 25.7 Å². The molecule has 1 aliphatic rings. The summed E-state index contributed by atoms with van der Waals surface area (Å²) < 4.78 is 13.7. The third-order valence-electron chi connectivity index (χ3n) is 3.97. The van der Waals surface area contributed by atoms with Gasteiger partial charge in [0, 0.05) is 15.4 Å². The summed E-state index contributed by atoms with van der Waals surface area (Å²) in [5.74, 6) is 0.785. The van der Waals surface area contributed by atoms with Crippen molar-refractivity contribution < 1.29 is 9.18 Å². The van der Waals surface area contributed by atoms with Crippen molar-refractivity contribution in [1.82, 2.24) is 5.32 Å². The molecule has 0 spiro atoms. The summed E-state index contributed by atoms with van der Waals surface area (Å²) in [5.41, 5.74) is 0.554. The first-order chi connectivity index (χ1) is 9.61. The van der Waals surface area contributed by atoms with E-state index in [0.29, 0.717) is 27.5 Å². The molecule has 110 valence electrons. The maximum absolute atomic E-state index is 13.0. The number of alkyl halides is 1. The second-order valence-electron chi connectivity index (χ2n) is 5.29. The average Bonchev–Trinajstić information content (AvgIpc) is 2.45. The summed E-state index contributed by atoms with van der Waals surface area (Å²) in [6.07, 6.45) is 4.95. The number of nitrogens with one attached hydrogen (secondary N) is 1. The van der Waals surface area contributed by atoms with Crippen LogP contribution in [0.3, 0.4) is 0 Å². The van der Waals surface area contributed by atoms with E-state index in [-0.39, 0.29) is 11.7 Å². The topological polar surface area (TPSA) is 29.1 Å². The van der Waals surface area contributed by atoms with E-state index in [4.69, 9.17) is 0 Å². The van der Waals surface area contributed by atoms with Crippen molar-refractivity contribution >= 4 is 44.4 Å². The minimum absolute atomic E-state index is 0.103. The molecule has 1 saturated carbocycles. The van der Waals surface area contributed by atoms with Gasteiger partial charge >= 0.3 is 0 Å². The molecule has 0 radical (unpaired) electrons. The summed E-state index contributed by atoms with van der Waals surface area (Å²) in [5, 5.41) is 4.01. The normalized spacial score (nSPS) is 22.6. The number of benzene rings is 1. The molecule has 2 nitrogen and oxygen atoms in total. The first kappa shape index (κ1) is 16.2. The predicted octanol–water partition coefficient (Wildman–Crippen LogP) is 4.36. The van der Waals surface area contributed by atoms with E-state index < -0.39 is 0 Å². The van der Waals surface area contributed by atoms with Crippen LogP contribution in [0.15, 0.2) is 18.2 Å². The van der Waals surface area contributed by atoms with Gasteiger partial charge < -0.3 is 5.32 Å². The van der Waals surface area contributed by atoms with E-state index in [1.54, 1.807) is 6.07 Å². The molecular weight excluding hydrogens is 436 g/mol. The van der Waals surface area contributed by atoms with E-state index >= 15 is 0 Å². The van der Waals surface area contributed by atoms with Crippen LogP contribution < -0.4 is 5.32 Å². The standard InChI is InChI=1S/C15H18BrFINO/c16-8-10-3-1-2-4-11(10)9-19-15(20)13-6-5-12(17)7-14(13)18/h5-7,10-11H,1-4,8-9H2,(H,19,20). The Labute approximate surface area is 141 Å². The molecule has 0 saturated heterocycles. The van der Waals surface area contributed by atoms with Crippen LogP contribution in [0.25, 0.3) is 0 Å². The lowest BCUT2D eigenvalue weighted by molar-refractivity contribution is 0.0936. The van der Waals surface area contributed by atoms with Gasteiger partial charge in [-0.3, -0.25) is 4.79 Å². The lowest BCUT2D eigenvalue weighted by atomic mass is 9.80. The molecule has 0 aromatic heterocycles. The molecular formula is C15H18BrFINO. The quantitative estimate of drug-likeness (QED) is 0.532. The van der Waals surface area contributed by atoms with E-state index in [1.807, 2.05) is 22.6 Å². The van der Waals surface area contributed by atoms with Crippen LogP contribution in [0.5, 0.6) is 0 Å². The molecule has 5 heteroatoms. The van der Waals surface area contributed by atoms with Gasteiger partial charge in [-0.2, -0.15) is 0 Å². The van der Waals surface area contributed by atoms with Crippen molar-refractivity contribution in [1.29, 1.82) is 0 Å². The van der Waals surface area contributed by atoms with Gasteiger partial charge in [-0.25, -0.2) is 4.39 Å². The zero-order valence-corrected chi connectivity index (χ0v) is 14.9. The number of carbonyl (C=O) groups excluding carboxylic acids is 1. The lowest BCUT2D eigenvalue weighted by Gasteiger charge is -2.30. The minimum Gasteiger partial charge on any atom is -0.352 e. The van der Waals surface area contributed by atoms with Gasteiger partial charge in [0.2, 0.25) is 0 Å². The minimum atomic E-state index is -0.308. The lowest BCUT2D eigenvalue weighted by Crippen LogP contribution is -2.35. The number of amides is 1. The first-order valence-electron chi connectivity index (χ1n) is 6.91. The fourth-order valence-electron chi connectivity index (χ4n) is 2.75. The molecule has 1 fully saturated rings. The van der Waals surface area contributed by atoms with Crippen LogP contribution >= 0.6 is 38.5 Å². The fourth-order valence-corrected chi connectivity index (χ4v) is 4.32. The summed E-state index contributed by atoms with van der Waals surface area (Å²) >= 11 is 5.57. The van der Waals surface area contributed by atoms with Crippen molar-refractivity contribution in [2.75, 3.05) is 11.9 Å². The average molecular weight is 454 g/mol. The van der Waals surface area contributed by atoms with E-state index in [2.05, 4.69) is 21.2 Å². The second kappa shape index (κ2) is 7.73. The maximum Gasteiger partial charge on any atom is 0.252 e. The molecule has 1 aliphatic carbocycles. The predicted molar refractivity (Wildman–Crippen MR) is 90.7 cm³/mol. The first-order valence-corrected chi connectivity index (χ1v) is 9.11. The Morgan fingerprint density at radius 3 is 2.70 bits per heavy atom. The maximum atomic E-state index is 13.0. The van der Waals surface area contributed by atoms with Crippen molar-refractivity contribution in [3.05, 3.63) is 33.1 Å². The number of hydrogen-bond acceptors (Lipinski definition) is 1. The van der Waals surface area contributed by atoms with Gasteiger partial charge in [0.05, 0.1) is 5.56 Å². The highest BCUT2D eigenvalue weighted by Gasteiger charge is 2.24. The number of halogens is 3. The molecule has 1 aromatic rings. The summed E-state index contributed by atoms with van der Waals surface area (Å²) in [4.78, 5) is 12.2. The van der Waals surface area contributed by atoms with E-state index in [9.17, 15) is 9.18 Å². The van der Waals surface area contributed by atoms with Gasteiger partial charge in [0.25, 0.3) is 5.91 Å². The molecule has 2 rings (SSSR count). The summed E-state index contributed by atoms with van der Waals surface area (Å²) in [6, 6.07) is 4.27. The molecule has 2 unspecified atom stereocenters. The number of carbonyl (C=O) groups is 1. The van der Waals surface area contributed by atoms with Gasteiger partial charge in [0.1, 0.15) is 5.82 Å². The molecule has 0 bridgehead atoms. The van der Waals surface area contributed by atoms with Crippen LogP contribution in [0, 0.1) is 21.2 Å². The molecule has 20 heavy (non-hydrogen) atoms. The highest BCUT2D eigenvalue weighted by molar-refractivity contribution is 14.1. The largest absolute Gasteiger partial charge is 0.352 e. The van der Waals surface area contributed by atoms with Crippen molar-refractivity contribution in [3.63, 3.8) is 0 Å². The van der Waals surface area contributed by atoms with Crippen molar-refractivity contribution in [3.8, 4) is 0 Å². The Kier molecular flexibility index (Phi) is 6.26. The third-order valence-corrected chi connectivity index (χ3v) is 5.69. The van der Waals surface area contributed by atoms with Crippen molar-refractivity contribution in [2.24, 2.45) is 11.8 Å². The van der Waals surface area contributed by atoms with E-state index in [0.717, 1.165) is 5.33 Å². The Hall–Kier alpha value is -0.170. The summed E-state index contributed by atoms with van der Waals surface area (Å²) in [6.45, 7) is 0.711. The van der Waals surface area contributed by atoms with Gasteiger partial charge in [-0.05, 0) is 65.5 Å². The SMILES string of the molecule is O=C(NCC1CCCCC1CBr)c1ccc(F)cc1I. The number of rotatable bonds is 4. The van der Waals surface area contributed by atoms with E-state index in [1.165, 1.54) is 37.8 Å². The van der Waals surface area contributed by atoms with Crippen LogP contribution in [0.2, 0.25) is 0 Å². The Morgan fingerprint density at radius 2 is 2.05 bits per heavy atom. The van der Waals surface area contributed by atoms with Crippen LogP contribution in [-0.2, 0) is 0 Å². The Balaban J connectivity index is 1.94. The van der Waals surface area contributed by atoms with Gasteiger partial charge in [-0.1, -0.05) is 28.8 Å². The highest BCUT2D eigenvalue weighted by atomic mass is 127. The molecule has 1 N–H and O–H groups in total. The zero-order chi connectivity index (χ0) is 14.5. The fraction of sp³-hybridized carbons (Fsp3) is 0.533. The second-order valence-corrected chi connectivity index (χ2v) is 7.10. The Bertz CT molecular complexity index is 483. The smallest absolute Gasteiger partial charge is 0.252 e. The molecule has 1 amide bonds. The number of hydrogen-bond donors (Lipinski definition) is 1. The van der Waals surface area contributed by atoms with Crippen LogP contribution in [0.4, 0.5) is 4.39 Å². The molecule has 1 aromatic carbocycles. The van der Waals surface area contributed by atoms with Crippen LogP contribution in [-0.4, -0.2) is 17.8 Å². The third kappa shape index (κ3) is 4.16. The van der Waals surface area contributed by atoms with Crippen LogP contribution in [0.1, 0.15) is 36.0 Å². The van der Waals surface area contributed by atoms with Gasteiger partial charge in [-0.15, -0.1) is 0 Å². The molecule has 0 heterocycles. The Morgan fingerprint density at radius 1 is 1.35 bits per heavy atom. The molecule has 2 atom stereocenters.